The lowest BCUT2D eigenvalue weighted by molar-refractivity contribution is -0.120. The predicted octanol–water partition coefficient (Wildman–Crippen LogP) is 4.08. The van der Waals surface area contributed by atoms with Crippen molar-refractivity contribution < 1.29 is 4.79 Å². The van der Waals surface area contributed by atoms with Crippen molar-refractivity contribution in [2.45, 2.75) is 37.2 Å². The van der Waals surface area contributed by atoms with Crippen LogP contribution in [0, 0.1) is 0 Å². The van der Waals surface area contributed by atoms with Gasteiger partial charge in [0, 0.05) is 22.4 Å². The first-order valence-electron chi connectivity index (χ1n) is 8.66. The number of benzene rings is 1. The second kappa shape index (κ2) is 9.03. The Hall–Kier alpha value is -1.64. The summed E-state index contributed by atoms with van der Waals surface area (Å²) in [5.41, 5.74) is 0.553. The van der Waals surface area contributed by atoms with E-state index < -0.39 is 0 Å². The minimum atomic E-state index is -0.342. The van der Waals surface area contributed by atoms with Crippen molar-refractivity contribution >= 4 is 55.8 Å². The Morgan fingerprint density at radius 3 is 2.93 bits per heavy atom. The zero-order chi connectivity index (χ0) is 19.4. The average Bonchev–Trinajstić information content (AvgIpc) is 3.16. The van der Waals surface area contributed by atoms with Gasteiger partial charge in [0.1, 0.15) is 0 Å². The molecule has 0 aliphatic carbocycles. The van der Waals surface area contributed by atoms with Crippen LogP contribution in [-0.4, -0.2) is 27.3 Å². The number of hydrogen-bond donors (Lipinski definition) is 1. The smallest absolute Gasteiger partial charge is 0.262 e. The Bertz CT molecular complexity index is 1000. The van der Waals surface area contributed by atoms with Crippen molar-refractivity contribution in [2.75, 3.05) is 6.54 Å². The molecule has 142 valence electrons. The quantitative estimate of drug-likeness (QED) is 0.421. The summed E-state index contributed by atoms with van der Waals surface area (Å²) in [6.07, 6.45) is 0.823. The van der Waals surface area contributed by atoms with E-state index >= 15 is 0 Å². The number of hydrogen-bond acceptors (Lipinski definition) is 5. The molecule has 1 aromatic carbocycles. The second-order valence-electron chi connectivity index (χ2n) is 5.99. The Morgan fingerprint density at radius 2 is 2.22 bits per heavy atom. The van der Waals surface area contributed by atoms with Crippen LogP contribution in [0.2, 0.25) is 0 Å². The molecule has 1 unspecified atom stereocenters. The number of amides is 1. The molecule has 1 atom stereocenters. The molecule has 3 rings (SSSR count). The van der Waals surface area contributed by atoms with Crippen LogP contribution in [0.1, 0.15) is 18.7 Å². The molecule has 0 fully saturated rings. The lowest BCUT2D eigenvalue weighted by atomic mass is 10.2. The maximum absolute atomic E-state index is 12.8. The van der Waals surface area contributed by atoms with Gasteiger partial charge in [-0.05, 0) is 49.9 Å². The zero-order valence-electron chi connectivity index (χ0n) is 15.1. The summed E-state index contributed by atoms with van der Waals surface area (Å²) in [4.78, 5) is 31.1. The molecule has 0 aliphatic rings. The summed E-state index contributed by atoms with van der Waals surface area (Å²) in [7, 11) is 0. The molecular formula is C19H20BrN3O2S2. The highest BCUT2D eigenvalue weighted by molar-refractivity contribution is 9.10. The van der Waals surface area contributed by atoms with Crippen molar-refractivity contribution in [1.82, 2.24) is 14.9 Å². The number of nitrogens with zero attached hydrogens (tertiary/aromatic N) is 2. The summed E-state index contributed by atoms with van der Waals surface area (Å²) >= 11 is 6.40. The van der Waals surface area contributed by atoms with Gasteiger partial charge in [0.05, 0.1) is 16.2 Å². The minimum Gasteiger partial charge on any atom is -0.355 e. The van der Waals surface area contributed by atoms with Crippen LogP contribution in [-0.2, 0) is 17.8 Å². The molecule has 0 radical (unpaired) electrons. The molecule has 8 heteroatoms. The molecule has 5 nitrogen and oxygen atoms in total. The topological polar surface area (TPSA) is 64.0 Å². The Morgan fingerprint density at radius 1 is 1.41 bits per heavy atom. The fraction of sp³-hybridized carbons (Fsp3) is 0.316. The van der Waals surface area contributed by atoms with Gasteiger partial charge in [-0.25, -0.2) is 4.98 Å². The number of thioether (sulfide) groups is 1. The molecule has 2 aromatic heterocycles. The first kappa shape index (κ1) is 20.1. The van der Waals surface area contributed by atoms with Gasteiger partial charge in [0.15, 0.2) is 5.16 Å². The summed E-state index contributed by atoms with van der Waals surface area (Å²) < 4.78 is 2.46. The van der Waals surface area contributed by atoms with Crippen molar-refractivity contribution in [3.05, 3.63) is 55.4 Å². The van der Waals surface area contributed by atoms with E-state index in [1.807, 2.05) is 37.4 Å². The van der Waals surface area contributed by atoms with Crippen LogP contribution in [0.5, 0.6) is 0 Å². The fourth-order valence-electron chi connectivity index (χ4n) is 2.66. The first-order chi connectivity index (χ1) is 13.0. The van der Waals surface area contributed by atoms with Crippen molar-refractivity contribution in [1.29, 1.82) is 0 Å². The number of carbonyl (C=O) groups is 1. The summed E-state index contributed by atoms with van der Waals surface area (Å²) in [6.45, 7) is 4.85. The lowest BCUT2D eigenvalue weighted by Gasteiger charge is -2.15. The third kappa shape index (κ3) is 4.80. The maximum atomic E-state index is 12.8. The van der Waals surface area contributed by atoms with Gasteiger partial charge in [0.25, 0.3) is 5.56 Å². The first-order valence-corrected chi connectivity index (χ1v) is 11.2. The number of thiophene rings is 1. The van der Waals surface area contributed by atoms with E-state index in [2.05, 4.69) is 32.3 Å². The van der Waals surface area contributed by atoms with E-state index in [1.54, 1.807) is 22.0 Å². The van der Waals surface area contributed by atoms with Crippen LogP contribution in [0.15, 0.2) is 50.1 Å². The highest BCUT2D eigenvalue weighted by Gasteiger charge is 2.19. The summed E-state index contributed by atoms with van der Waals surface area (Å²) in [6, 6.07) is 9.53. The number of halogens is 1. The Labute approximate surface area is 174 Å². The van der Waals surface area contributed by atoms with Gasteiger partial charge in [-0.15, -0.1) is 11.3 Å². The molecule has 0 bridgehead atoms. The van der Waals surface area contributed by atoms with Crippen LogP contribution < -0.4 is 10.9 Å². The Kier molecular flexibility index (Phi) is 6.73. The summed E-state index contributed by atoms with van der Waals surface area (Å²) in [5.74, 6) is -0.0515. The molecule has 27 heavy (non-hydrogen) atoms. The molecule has 0 saturated heterocycles. The van der Waals surface area contributed by atoms with E-state index in [0.29, 0.717) is 29.1 Å². The molecular weight excluding hydrogens is 446 g/mol. The molecule has 3 aromatic rings. The maximum Gasteiger partial charge on any atom is 0.262 e. The Balaban J connectivity index is 1.73. The number of fused-ring (bicyclic) bond motifs is 1. The number of carbonyl (C=O) groups excluding carboxylic acids is 1. The molecule has 0 saturated carbocycles. The normalized spacial score (nSPS) is 12.3. The van der Waals surface area contributed by atoms with E-state index in [9.17, 15) is 9.59 Å². The number of nitrogens with one attached hydrogen (secondary N) is 1. The highest BCUT2D eigenvalue weighted by atomic mass is 79.9. The molecule has 2 heterocycles. The monoisotopic (exact) mass is 465 g/mol. The third-order valence-corrected chi connectivity index (χ3v) is 6.62. The zero-order valence-corrected chi connectivity index (χ0v) is 18.3. The number of aromatic nitrogens is 2. The van der Waals surface area contributed by atoms with Gasteiger partial charge in [-0.2, -0.15) is 0 Å². The largest absolute Gasteiger partial charge is 0.355 e. The third-order valence-electron chi connectivity index (χ3n) is 4.10. The molecule has 1 N–H and O–H groups in total. The number of rotatable bonds is 7. The molecule has 1 amide bonds. The minimum absolute atomic E-state index is 0.0515. The van der Waals surface area contributed by atoms with Gasteiger partial charge in [-0.3, -0.25) is 14.2 Å². The van der Waals surface area contributed by atoms with Crippen LogP contribution in [0.3, 0.4) is 0 Å². The SMILES string of the molecule is CCn1c(SC(C)C(=O)NCCc2cccs2)nc2ccc(Br)cc2c1=O. The lowest BCUT2D eigenvalue weighted by Crippen LogP contribution is -2.33. The average molecular weight is 466 g/mol. The van der Waals surface area contributed by atoms with Crippen LogP contribution >= 0.6 is 39.0 Å². The van der Waals surface area contributed by atoms with Gasteiger partial charge < -0.3 is 5.32 Å². The van der Waals surface area contributed by atoms with Crippen molar-refractivity contribution in [2.24, 2.45) is 0 Å². The van der Waals surface area contributed by atoms with E-state index in [0.717, 1.165) is 10.9 Å². The van der Waals surface area contributed by atoms with E-state index in [1.165, 1.54) is 16.6 Å². The van der Waals surface area contributed by atoms with Gasteiger partial charge in [-0.1, -0.05) is 33.8 Å². The highest BCUT2D eigenvalue weighted by Crippen LogP contribution is 2.24. The van der Waals surface area contributed by atoms with Gasteiger partial charge in [0.2, 0.25) is 5.91 Å². The standard InChI is InChI=1S/C19H20BrN3O2S2/c1-3-23-18(25)15-11-13(20)6-7-16(15)22-19(23)27-12(2)17(24)21-9-8-14-5-4-10-26-14/h4-7,10-12H,3,8-9H2,1-2H3,(H,21,24). The van der Waals surface area contributed by atoms with Crippen LogP contribution in [0.25, 0.3) is 10.9 Å². The van der Waals surface area contributed by atoms with E-state index in [4.69, 9.17) is 0 Å². The molecule has 0 spiro atoms. The fourth-order valence-corrected chi connectivity index (χ4v) is 4.73. The molecule has 0 aliphatic heterocycles. The van der Waals surface area contributed by atoms with Crippen molar-refractivity contribution in [3.8, 4) is 0 Å². The van der Waals surface area contributed by atoms with Gasteiger partial charge >= 0.3 is 0 Å². The van der Waals surface area contributed by atoms with Crippen molar-refractivity contribution in [3.63, 3.8) is 0 Å². The van der Waals surface area contributed by atoms with Crippen LogP contribution in [0.4, 0.5) is 0 Å². The summed E-state index contributed by atoms with van der Waals surface area (Å²) in [5, 5.41) is 5.79. The predicted molar refractivity (Wildman–Crippen MR) is 116 cm³/mol. The van der Waals surface area contributed by atoms with E-state index in [-0.39, 0.29) is 16.7 Å². The second-order valence-corrected chi connectivity index (χ2v) is 9.24.